The highest BCUT2D eigenvalue weighted by atomic mass is 33.1. The molecule has 18 heteroatoms. The number of carbonyl (C=O) groups excluding carboxylic acids is 2. The van der Waals surface area contributed by atoms with E-state index in [9.17, 15) is 40.0 Å². The molecule has 12 N–H and O–H groups in total. The highest BCUT2D eigenvalue weighted by Gasteiger charge is 2.38. The van der Waals surface area contributed by atoms with E-state index in [2.05, 4.69) is 21.3 Å². The number of amides is 2. The Hall–Kier alpha value is -1.29. The first-order valence-corrected chi connectivity index (χ1v) is 15.3. The summed E-state index contributed by atoms with van der Waals surface area (Å²) < 4.78 is 0. The Morgan fingerprint density at radius 2 is 1.45 bits per heavy atom. The summed E-state index contributed by atoms with van der Waals surface area (Å²) in [5.41, 5.74) is 0. The summed E-state index contributed by atoms with van der Waals surface area (Å²) in [6, 6.07) is -2.82. The smallest absolute Gasteiger partial charge is 0.306 e. The Morgan fingerprint density at radius 3 is 1.98 bits per heavy atom. The summed E-state index contributed by atoms with van der Waals surface area (Å²) in [6.07, 6.45) is -5.51. The third kappa shape index (κ3) is 14.1. The molecule has 234 valence electrons. The number of nitrogens with zero attached hydrogens (tertiary/aromatic N) is 1. The molecule has 3 unspecified atom stereocenters. The lowest BCUT2D eigenvalue weighted by atomic mass is 10.1. The van der Waals surface area contributed by atoms with Gasteiger partial charge in [-0.2, -0.15) is 5.06 Å². The molecule has 0 aliphatic carbocycles. The minimum absolute atomic E-state index is 0.0214. The van der Waals surface area contributed by atoms with E-state index in [4.69, 9.17) is 15.3 Å². The van der Waals surface area contributed by atoms with Crippen LogP contribution >= 0.6 is 21.6 Å². The molecule has 40 heavy (non-hydrogen) atoms. The van der Waals surface area contributed by atoms with Crippen LogP contribution in [0.4, 0.5) is 0 Å². The average molecular weight is 618 g/mol. The largest absolute Gasteiger partial charge is 0.481 e. The average Bonchev–Trinajstić information content (AvgIpc) is 3.24. The second-order valence-electron chi connectivity index (χ2n) is 9.61. The number of aliphatic hydroxyl groups excluding tert-OH is 4. The minimum atomic E-state index is -1.79. The number of carboxylic acid groups (broad SMARTS) is 1. The third-order valence-corrected chi connectivity index (χ3v) is 8.46. The number of carboxylic acids is 1. The van der Waals surface area contributed by atoms with Gasteiger partial charge in [0.1, 0.15) is 6.23 Å². The highest BCUT2D eigenvalue weighted by Crippen LogP contribution is 2.26. The summed E-state index contributed by atoms with van der Waals surface area (Å²) >= 11 is 0. The number of carbonyl (C=O) groups is 3. The van der Waals surface area contributed by atoms with Crippen LogP contribution < -0.4 is 21.3 Å². The van der Waals surface area contributed by atoms with E-state index in [1.165, 1.54) is 35.4 Å². The van der Waals surface area contributed by atoms with Gasteiger partial charge in [0.15, 0.2) is 12.6 Å². The van der Waals surface area contributed by atoms with Crippen molar-refractivity contribution in [1.82, 2.24) is 26.3 Å². The Labute approximate surface area is 240 Å². The molecule has 1 fully saturated rings. The summed E-state index contributed by atoms with van der Waals surface area (Å²) in [6.45, 7) is 2.54. The standard InChI is InChI=1S/C22H43N5O11S2/c1-11(21(34)35)3-6-17(29)26-14(20(33)23-7-12(2)28)10-40-39-9-13(19(32)24-8-18(30)31)25-16-5-4-15(22(36)37)27(16)38/h11-18,22,25-26,28-31,36-38H,3-10H2,1-2H3,(H,23,33)(H,24,32)(H,34,35)/t11-,12?,13-,14-,15-,16?,17?/m0/s1. The van der Waals surface area contributed by atoms with Gasteiger partial charge >= 0.3 is 5.97 Å². The van der Waals surface area contributed by atoms with Crippen LogP contribution in [-0.2, 0) is 14.4 Å². The van der Waals surface area contributed by atoms with E-state index in [0.29, 0.717) is 6.42 Å². The lowest BCUT2D eigenvalue weighted by Gasteiger charge is -2.28. The van der Waals surface area contributed by atoms with E-state index < -0.39 is 79.4 Å². The van der Waals surface area contributed by atoms with Crippen LogP contribution in [0.3, 0.4) is 0 Å². The number of aliphatic hydroxyl groups is 6. The fourth-order valence-corrected chi connectivity index (χ4v) is 6.02. The van der Waals surface area contributed by atoms with Gasteiger partial charge in [0.25, 0.3) is 0 Å². The van der Waals surface area contributed by atoms with Crippen molar-refractivity contribution in [3.63, 3.8) is 0 Å². The second kappa shape index (κ2) is 19.0. The molecule has 0 spiro atoms. The van der Waals surface area contributed by atoms with Gasteiger partial charge in [0, 0.05) is 18.1 Å². The topological polar surface area (TPSA) is 264 Å². The van der Waals surface area contributed by atoms with Crippen molar-refractivity contribution >= 4 is 39.4 Å². The lowest BCUT2D eigenvalue weighted by molar-refractivity contribution is -0.204. The van der Waals surface area contributed by atoms with Gasteiger partial charge in [-0.05, 0) is 32.6 Å². The number of hydroxylamine groups is 2. The number of hydrogen-bond donors (Lipinski definition) is 12. The Balaban J connectivity index is 2.77. The molecule has 0 radical (unpaired) electrons. The van der Waals surface area contributed by atoms with Gasteiger partial charge in [0.2, 0.25) is 11.8 Å². The summed E-state index contributed by atoms with van der Waals surface area (Å²) in [5, 5.41) is 87.3. The fourth-order valence-electron chi connectivity index (χ4n) is 3.67. The number of aliphatic carboxylic acids is 1. The molecular formula is C22H43N5O11S2. The summed E-state index contributed by atoms with van der Waals surface area (Å²) in [4.78, 5) is 36.3. The Kier molecular flexibility index (Phi) is 17.5. The van der Waals surface area contributed by atoms with Crippen LogP contribution in [0.1, 0.15) is 39.5 Å². The fraction of sp³-hybridized carbons (Fsp3) is 0.864. The predicted molar refractivity (Wildman–Crippen MR) is 145 cm³/mol. The third-order valence-electron chi connectivity index (χ3n) is 6.04. The normalized spacial score (nSPS) is 21.7. The van der Waals surface area contributed by atoms with Crippen molar-refractivity contribution in [3.05, 3.63) is 0 Å². The van der Waals surface area contributed by atoms with Gasteiger partial charge in [-0.1, -0.05) is 28.5 Å². The molecule has 2 amide bonds. The molecule has 1 aliphatic rings. The molecule has 7 atom stereocenters. The predicted octanol–water partition coefficient (Wildman–Crippen LogP) is -3.48. The van der Waals surface area contributed by atoms with E-state index in [1.807, 2.05) is 0 Å². The molecule has 1 aliphatic heterocycles. The molecule has 0 aromatic rings. The zero-order chi connectivity index (χ0) is 30.4. The van der Waals surface area contributed by atoms with Crippen LogP contribution in [0.15, 0.2) is 0 Å². The molecule has 16 nitrogen and oxygen atoms in total. The van der Waals surface area contributed by atoms with Gasteiger partial charge in [0.05, 0.1) is 42.9 Å². The monoisotopic (exact) mass is 617 g/mol. The van der Waals surface area contributed by atoms with Crippen molar-refractivity contribution in [2.75, 3.05) is 24.6 Å². The molecule has 1 heterocycles. The van der Waals surface area contributed by atoms with Crippen LogP contribution in [0.5, 0.6) is 0 Å². The molecule has 0 bridgehead atoms. The van der Waals surface area contributed by atoms with Crippen LogP contribution in [0, 0.1) is 5.92 Å². The van der Waals surface area contributed by atoms with Crippen molar-refractivity contribution in [3.8, 4) is 0 Å². The first kappa shape index (κ1) is 36.7. The molecule has 1 rings (SSSR count). The summed E-state index contributed by atoms with van der Waals surface area (Å²) in [7, 11) is 2.36. The van der Waals surface area contributed by atoms with Gasteiger partial charge < -0.3 is 51.6 Å². The minimum Gasteiger partial charge on any atom is -0.481 e. The molecule has 0 aromatic heterocycles. The van der Waals surface area contributed by atoms with E-state index in [-0.39, 0.29) is 37.3 Å². The second-order valence-corrected chi connectivity index (χ2v) is 12.2. The lowest BCUT2D eigenvalue weighted by Crippen LogP contribution is -2.55. The highest BCUT2D eigenvalue weighted by molar-refractivity contribution is 8.76. The van der Waals surface area contributed by atoms with E-state index in [1.54, 1.807) is 0 Å². The quantitative estimate of drug-likeness (QED) is 0.0359. The maximum Gasteiger partial charge on any atom is 0.306 e. The van der Waals surface area contributed by atoms with Crippen LogP contribution in [-0.4, -0.2) is 138 Å². The van der Waals surface area contributed by atoms with Gasteiger partial charge in [-0.3, -0.25) is 25.0 Å². The van der Waals surface area contributed by atoms with E-state index >= 15 is 0 Å². The molecule has 0 aromatic carbocycles. The van der Waals surface area contributed by atoms with Crippen LogP contribution in [0.25, 0.3) is 0 Å². The number of hydrogen-bond acceptors (Lipinski definition) is 15. The molecule has 1 saturated heterocycles. The SMILES string of the molecule is CC(O)CNC(=O)[C@H](CSSC[C@H](NC1CC[C@@H](C(O)O)N1O)C(=O)NCC(O)O)NC(O)CC[C@H](C)C(=O)O. The van der Waals surface area contributed by atoms with E-state index in [0.717, 1.165) is 5.06 Å². The summed E-state index contributed by atoms with van der Waals surface area (Å²) in [5.74, 6) is -2.59. The van der Waals surface area contributed by atoms with Crippen molar-refractivity contribution in [2.45, 2.75) is 88.7 Å². The maximum absolute atomic E-state index is 12.7. The number of nitrogens with one attached hydrogen (secondary N) is 4. The van der Waals surface area contributed by atoms with Crippen molar-refractivity contribution in [2.24, 2.45) is 5.92 Å². The van der Waals surface area contributed by atoms with Crippen molar-refractivity contribution < 1.29 is 55.3 Å². The first-order chi connectivity index (χ1) is 18.7. The maximum atomic E-state index is 12.7. The first-order valence-electron chi connectivity index (χ1n) is 12.8. The zero-order valence-electron chi connectivity index (χ0n) is 22.4. The Morgan fingerprint density at radius 1 is 0.875 bits per heavy atom. The van der Waals surface area contributed by atoms with Crippen molar-refractivity contribution in [1.29, 1.82) is 0 Å². The van der Waals surface area contributed by atoms with Gasteiger partial charge in [-0.25, -0.2) is 0 Å². The van der Waals surface area contributed by atoms with Gasteiger partial charge in [-0.15, -0.1) is 0 Å². The van der Waals surface area contributed by atoms with Crippen LogP contribution in [0.2, 0.25) is 0 Å². The number of rotatable bonds is 20. The molecule has 0 saturated carbocycles. The molecular weight excluding hydrogens is 574 g/mol. The Bertz CT molecular complexity index is 783. The zero-order valence-corrected chi connectivity index (χ0v) is 24.1.